The number of cyclic esters (lactones) is 2. The lowest BCUT2D eigenvalue weighted by molar-refractivity contribution is -0.164. The number of hydrogen-bond donors (Lipinski definition) is 0. The molecule has 1 aliphatic rings. The van der Waals surface area contributed by atoms with E-state index in [0.29, 0.717) is 12.8 Å². The van der Waals surface area contributed by atoms with Gasteiger partial charge >= 0.3 is 11.9 Å². The largest absolute Gasteiger partial charge is 0.393 e. The van der Waals surface area contributed by atoms with Gasteiger partial charge in [0.05, 0.1) is 5.92 Å². The molecule has 1 aromatic rings. The van der Waals surface area contributed by atoms with E-state index in [9.17, 15) is 9.59 Å². The number of rotatable bonds is 1. The summed E-state index contributed by atoms with van der Waals surface area (Å²) in [6.45, 7) is 6.45. The maximum absolute atomic E-state index is 11.6. The second-order valence-electron chi connectivity index (χ2n) is 5.76. The molecule has 1 unspecified atom stereocenters. The van der Waals surface area contributed by atoms with Crippen molar-refractivity contribution in [2.75, 3.05) is 0 Å². The fourth-order valence-corrected chi connectivity index (χ4v) is 2.13. The molecule has 0 saturated carbocycles. The molecule has 2 rings (SSSR count). The summed E-state index contributed by atoms with van der Waals surface area (Å²) >= 11 is 0. The summed E-state index contributed by atoms with van der Waals surface area (Å²) in [5.41, 5.74) is 2.26. The zero-order chi connectivity index (χ0) is 13.3. The molecular weight excluding hydrogens is 228 g/mol. The topological polar surface area (TPSA) is 43.4 Å². The molecule has 3 heteroatoms. The van der Waals surface area contributed by atoms with Crippen molar-refractivity contribution in [3.8, 4) is 0 Å². The smallest absolute Gasteiger partial charge is 0.321 e. The van der Waals surface area contributed by atoms with Gasteiger partial charge in [-0.25, -0.2) is 0 Å². The molecule has 96 valence electrons. The Morgan fingerprint density at radius 3 is 2.22 bits per heavy atom. The highest BCUT2D eigenvalue weighted by atomic mass is 16.6. The molecule has 1 aliphatic heterocycles. The number of benzene rings is 1. The normalized spacial score (nSPS) is 20.7. The first kappa shape index (κ1) is 12.8. The van der Waals surface area contributed by atoms with Gasteiger partial charge in [0.15, 0.2) is 0 Å². The molecule has 0 spiro atoms. The summed E-state index contributed by atoms with van der Waals surface area (Å²) in [6, 6.07) is 8.00. The van der Waals surface area contributed by atoms with E-state index in [1.165, 1.54) is 5.56 Å². The Labute approximate surface area is 107 Å². The van der Waals surface area contributed by atoms with Gasteiger partial charge in [0.2, 0.25) is 0 Å². The molecule has 0 bridgehead atoms. The Bertz CT molecular complexity index is 466. The van der Waals surface area contributed by atoms with E-state index in [4.69, 9.17) is 0 Å². The van der Waals surface area contributed by atoms with Crippen molar-refractivity contribution in [3.63, 3.8) is 0 Å². The van der Waals surface area contributed by atoms with Crippen LogP contribution in [0.15, 0.2) is 24.3 Å². The van der Waals surface area contributed by atoms with Gasteiger partial charge in [-0.15, -0.1) is 0 Å². The van der Waals surface area contributed by atoms with Crippen molar-refractivity contribution >= 4 is 11.9 Å². The van der Waals surface area contributed by atoms with Crippen LogP contribution in [0.4, 0.5) is 0 Å². The van der Waals surface area contributed by atoms with Gasteiger partial charge in [0, 0.05) is 6.42 Å². The molecule has 0 N–H and O–H groups in total. The van der Waals surface area contributed by atoms with Crippen molar-refractivity contribution in [1.29, 1.82) is 0 Å². The lowest BCUT2D eigenvalue weighted by Crippen LogP contribution is -2.26. The van der Waals surface area contributed by atoms with E-state index in [1.807, 2.05) is 24.3 Å². The molecule has 1 heterocycles. The molecule has 0 amide bonds. The van der Waals surface area contributed by atoms with Crippen LogP contribution in [0, 0.1) is 0 Å². The lowest BCUT2D eigenvalue weighted by Gasteiger charge is -2.22. The van der Waals surface area contributed by atoms with Crippen molar-refractivity contribution in [1.82, 2.24) is 0 Å². The van der Waals surface area contributed by atoms with Gasteiger partial charge in [-0.3, -0.25) is 9.59 Å². The van der Waals surface area contributed by atoms with Crippen LogP contribution in [0.3, 0.4) is 0 Å². The average Bonchev–Trinajstić information content (AvgIpc) is 2.28. The second kappa shape index (κ2) is 4.56. The Hall–Kier alpha value is -1.64. The lowest BCUT2D eigenvalue weighted by atomic mass is 9.84. The predicted molar refractivity (Wildman–Crippen MR) is 68.2 cm³/mol. The highest BCUT2D eigenvalue weighted by molar-refractivity contribution is 5.92. The summed E-state index contributed by atoms with van der Waals surface area (Å²) in [4.78, 5) is 22.6. The van der Waals surface area contributed by atoms with Gasteiger partial charge in [-0.05, 0) is 23.0 Å². The van der Waals surface area contributed by atoms with Crippen molar-refractivity contribution in [3.05, 3.63) is 35.4 Å². The summed E-state index contributed by atoms with van der Waals surface area (Å²) in [6.07, 6.45) is 0.865. The van der Waals surface area contributed by atoms with Crippen LogP contribution in [0.25, 0.3) is 0 Å². The summed E-state index contributed by atoms with van der Waals surface area (Å²) in [5.74, 6) is -1.13. The zero-order valence-electron chi connectivity index (χ0n) is 11.0. The average molecular weight is 246 g/mol. The second-order valence-corrected chi connectivity index (χ2v) is 5.76. The van der Waals surface area contributed by atoms with Crippen LogP contribution >= 0.6 is 0 Å². The minimum Gasteiger partial charge on any atom is -0.393 e. The van der Waals surface area contributed by atoms with Crippen LogP contribution < -0.4 is 0 Å². The van der Waals surface area contributed by atoms with Gasteiger partial charge in [-0.2, -0.15) is 0 Å². The Morgan fingerprint density at radius 1 is 1.11 bits per heavy atom. The minimum absolute atomic E-state index is 0.0988. The number of carbonyl (C=O) groups excluding carboxylic acids is 2. The molecule has 1 aromatic carbocycles. The third-order valence-electron chi connectivity index (χ3n) is 3.32. The van der Waals surface area contributed by atoms with E-state index in [0.717, 1.165) is 5.56 Å². The third kappa shape index (κ3) is 2.61. The first-order chi connectivity index (χ1) is 8.38. The Balaban J connectivity index is 2.20. The summed E-state index contributed by atoms with van der Waals surface area (Å²) < 4.78 is 4.67. The molecule has 1 saturated heterocycles. The number of carbonyl (C=O) groups is 2. The van der Waals surface area contributed by atoms with E-state index in [1.54, 1.807) is 0 Å². The molecule has 18 heavy (non-hydrogen) atoms. The summed E-state index contributed by atoms with van der Waals surface area (Å²) in [7, 11) is 0. The number of esters is 2. The SMILES string of the molecule is CC(C)(C)c1ccc(C2CCC(=O)OC2=O)cc1. The van der Waals surface area contributed by atoms with Crippen LogP contribution in [0.2, 0.25) is 0 Å². The molecular formula is C15H18O3. The van der Waals surface area contributed by atoms with E-state index in [2.05, 4.69) is 25.5 Å². The maximum atomic E-state index is 11.6. The summed E-state index contributed by atoms with van der Waals surface area (Å²) in [5, 5.41) is 0. The van der Waals surface area contributed by atoms with Crippen LogP contribution in [-0.2, 0) is 19.7 Å². The van der Waals surface area contributed by atoms with Crippen molar-refractivity contribution < 1.29 is 14.3 Å². The van der Waals surface area contributed by atoms with Crippen LogP contribution in [0.1, 0.15) is 50.7 Å². The van der Waals surface area contributed by atoms with Crippen molar-refractivity contribution in [2.45, 2.75) is 44.9 Å². The molecule has 0 radical (unpaired) electrons. The number of ether oxygens (including phenoxy) is 1. The first-order valence-electron chi connectivity index (χ1n) is 6.23. The van der Waals surface area contributed by atoms with E-state index in [-0.39, 0.29) is 11.3 Å². The zero-order valence-corrected chi connectivity index (χ0v) is 11.0. The fourth-order valence-electron chi connectivity index (χ4n) is 2.13. The Kier molecular flexibility index (Phi) is 3.24. The molecule has 0 aromatic heterocycles. The quantitative estimate of drug-likeness (QED) is 0.565. The minimum atomic E-state index is -0.422. The standard InChI is InChI=1S/C15H18O3/c1-15(2,3)11-6-4-10(5-7-11)12-8-9-13(16)18-14(12)17/h4-7,12H,8-9H2,1-3H3. The molecule has 3 nitrogen and oxygen atoms in total. The van der Waals surface area contributed by atoms with Gasteiger partial charge in [-0.1, -0.05) is 45.0 Å². The van der Waals surface area contributed by atoms with E-state index < -0.39 is 11.9 Å². The Morgan fingerprint density at radius 2 is 1.72 bits per heavy atom. The number of hydrogen-bond acceptors (Lipinski definition) is 3. The van der Waals surface area contributed by atoms with Crippen LogP contribution in [0.5, 0.6) is 0 Å². The fraction of sp³-hybridized carbons (Fsp3) is 0.467. The van der Waals surface area contributed by atoms with E-state index >= 15 is 0 Å². The van der Waals surface area contributed by atoms with Crippen molar-refractivity contribution in [2.24, 2.45) is 0 Å². The molecule has 0 aliphatic carbocycles. The van der Waals surface area contributed by atoms with Crippen LogP contribution in [-0.4, -0.2) is 11.9 Å². The highest BCUT2D eigenvalue weighted by Crippen LogP contribution is 2.29. The van der Waals surface area contributed by atoms with Gasteiger partial charge in [0.25, 0.3) is 0 Å². The first-order valence-corrected chi connectivity index (χ1v) is 6.23. The molecule has 1 fully saturated rings. The third-order valence-corrected chi connectivity index (χ3v) is 3.32. The highest BCUT2D eigenvalue weighted by Gasteiger charge is 2.30. The maximum Gasteiger partial charge on any atom is 0.321 e. The monoisotopic (exact) mass is 246 g/mol. The van der Waals surface area contributed by atoms with Gasteiger partial charge < -0.3 is 4.74 Å². The predicted octanol–water partition coefficient (Wildman–Crippen LogP) is 2.93. The molecule has 1 atom stereocenters. The van der Waals surface area contributed by atoms with Gasteiger partial charge in [0.1, 0.15) is 0 Å².